The largest absolute Gasteiger partial charge is 0.327 e. The fraction of sp³-hybridized carbons (Fsp3) is 1.00. The molecule has 4 heteroatoms. The third-order valence-corrected chi connectivity index (χ3v) is 6.38. The van der Waals surface area contributed by atoms with Crippen LogP contribution in [0.3, 0.4) is 0 Å². The van der Waals surface area contributed by atoms with Crippen LogP contribution in [0.2, 0.25) is 0 Å². The van der Waals surface area contributed by atoms with Crippen molar-refractivity contribution < 1.29 is 8.42 Å². The molecule has 2 aliphatic rings. The second-order valence-corrected chi connectivity index (χ2v) is 7.18. The maximum atomic E-state index is 11.7. The van der Waals surface area contributed by atoms with Gasteiger partial charge in [-0.2, -0.15) is 0 Å². The molecule has 3 nitrogen and oxygen atoms in total. The van der Waals surface area contributed by atoms with Gasteiger partial charge in [-0.1, -0.05) is 13.8 Å². The minimum atomic E-state index is -2.84. The van der Waals surface area contributed by atoms with Crippen LogP contribution >= 0.6 is 0 Å². The topological polar surface area (TPSA) is 60.2 Å². The summed E-state index contributed by atoms with van der Waals surface area (Å²) in [5.74, 6) is 0.596. The maximum Gasteiger partial charge on any atom is 0.154 e. The Labute approximate surface area is 79.6 Å². The summed E-state index contributed by atoms with van der Waals surface area (Å²) < 4.78 is 23.5. The fourth-order valence-corrected chi connectivity index (χ4v) is 5.81. The molecule has 1 aliphatic carbocycles. The van der Waals surface area contributed by atoms with Crippen LogP contribution in [0.5, 0.6) is 0 Å². The zero-order valence-corrected chi connectivity index (χ0v) is 8.97. The molecule has 1 saturated carbocycles. The molecule has 13 heavy (non-hydrogen) atoms. The van der Waals surface area contributed by atoms with E-state index >= 15 is 0 Å². The molecule has 0 amide bonds. The predicted octanol–water partition coefficient (Wildman–Crippen LogP) is 0.547. The van der Waals surface area contributed by atoms with Crippen molar-refractivity contribution in [1.82, 2.24) is 0 Å². The van der Waals surface area contributed by atoms with Crippen LogP contribution in [0.15, 0.2) is 0 Å². The molecule has 2 fully saturated rings. The number of rotatable bonds is 0. The summed E-state index contributed by atoms with van der Waals surface area (Å²) in [5, 5.41) is -0.163. The van der Waals surface area contributed by atoms with Crippen LogP contribution in [-0.2, 0) is 9.84 Å². The van der Waals surface area contributed by atoms with Crippen molar-refractivity contribution in [3.63, 3.8) is 0 Å². The second kappa shape index (κ2) is 2.48. The Balaban J connectivity index is 2.35. The maximum absolute atomic E-state index is 11.7. The summed E-state index contributed by atoms with van der Waals surface area (Å²) in [6.45, 7) is 3.95. The molecule has 76 valence electrons. The monoisotopic (exact) mass is 203 g/mol. The van der Waals surface area contributed by atoms with Crippen molar-refractivity contribution in [2.24, 2.45) is 17.1 Å². The summed E-state index contributed by atoms with van der Waals surface area (Å²) in [7, 11) is -2.84. The lowest BCUT2D eigenvalue weighted by molar-refractivity contribution is 0.0506. The summed E-state index contributed by atoms with van der Waals surface area (Å²) in [6, 6.07) is 0.0765. The van der Waals surface area contributed by atoms with Crippen LogP contribution in [0.25, 0.3) is 0 Å². The van der Waals surface area contributed by atoms with Crippen molar-refractivity contribution in [2.75, 3.05) is 5.75 Å². The Bertz CT molecular complexity index is 321. The third-order valence-electron chi connectivity index (χ3n) is 3.80. The van der Waals surface area contributed by atoms with Gasteiger partial charge >= 0.3 is 0 Å². The Morgan fingerprint density at radius 2 is 2.00 bits per heavy atom. The van der Waals surface area contributed by atoms with Crippen LogP contribution in [-0.4, -0.2) is 25.5 Å². The van der Waals surface area contributed by atoms with E-state index < -0.39 is 9.84 Å². The Morgan fingerprint density at radius 3 is 2.54 bits per heavy atom. The van der Waals surface area contributed by atoms with Crippen molar-refractivity contribution in [3.8, 4) is 0 Å². The minimum Gasteiger partial charge on any atom is -0.327 e. The SMILES string of the molecule is CC1(C)C(N)C2CCCS(=O)(=O)C21. The Hall–Kier alpha value is -0.0900. The number of fused-ring (bicyclic) bond motifs is 1. The fourth-order valence-electron chi connectivity index (χ4n) is 3.07. The van der Waals surface area contributed by atoms with Gasteiger partial charge in [0.15, 0.2) is 9.84 Å². The molecular weight excluding hydrogens is 186 g/mol. The lowest BCUT2D eigenvalue weighted by Gasteiger charge is -2.58. The average Bonchev–Trinajstić information content (AvgIpc) is 2.01. The van der Waals surface area contributed by atoms with Crippen molar-refractivity contribution in [1.29, 1.82) is 0 Å². The first kappa shape index (κ1) is 9.46. The van der Waals surface area contributed by atoms with Crippen LogP contribution in [0.4, 0.5) is 0 Å². The van der Waals surface area contributed by atoms with Gasteiger partial charge in [0.2, 0.25) is 0 Å². The van der Waals surface area contributed by atoms with Gasteiger partial charge in [0, 0.05) is 6.04 Å². The van der Waals surface area contributed by atoms with Gasteiger partial charge in [-0.25, -0.2) is 8.42 Å². The predicted molar refractivity (Wildman–Crippen MR) is 52.1 cm³/mol. The molecule has 0 bridgehead atoms. The van der Waals surface area contributed by atoms with Gasteiger partial charge in [0.1, 0.15) is 0 Å². The zero-order valence-electron chi connectivity index (χ0n) is 8.16. The summed E-state index contributed by atoms with van der Waals surface area (Å²) >= 11 is 0. The van der Waals surface area contributed by atoms with Crippen LogP contribution in [0, 0.1) is 11.3 Å². The van der Waals surface area contributed by atoms with Crippen molar-refractivity contribution in [3.05, 3.63) is 0 Å². The molecule has 2 rings (SSSR count). The highest BCUT2D eigenvalue weighted by Crippen LogP contribution is 2.52. The molecule has 1 saturated heterocycles. The van der Waals surface area contributed by atoms with Gasteiger partial charge in [0.25, 0.3) is 0 Å². The van der Waals surface area contributed by atoms with Gasteiger partial charge in [-0.15, -0.1) is 0 Å². The van der Waals surface area contributed by atoms with E-state index in [1.54, 1.807) is 0 Å². The summed E-state index contributed by atoms with van der Waals surface area (Å²) in [5.41, 5.74) is 5.76. The highest BCUT2D eigenvalue weighted by atomic mass is 32.2. The third kappa shape index (κ3) is 1.08. The van der Waals surface area contributed by atoms with Crippen LogP contribution < -0.4 is 5.73 Å². The Morgan fingerprint density at radius 1 is 1.38 bits per heavy atom. The molecule has 3 atom stereocenters. The van der Waals surface area contributed by atoms with E-state index in [0.717, 1.165) is 12.8 Å². The molecule has 2 N–H and O–H groups in total. The first-order chi connectivity index (χ1) is 5.87. The summed E-state index contributed by atoms with van der Waals surface area (Å²) in [6.07, 6.45) is 1.79. The molecule has 0 radical (unpaired) electrons. The van der Waals surface area contributed by atoms with E-state index in [-0.39, 0.29) is 22.6 Å². The molecule has 1 heterocycles. The van der Waals surface area contributed by atoms with Gasteiger partial charge in [-0.05, 0) is 24.2 Å². The van der Waals surface area contributed by atoms with E-state index in [1.807, 2.05) is 13.8 Å². The lowest BCUT2D eigenvalue weighted by Crippen LogP contribution is -2.69. The molecule has 1 aliphatic heterocycles. The van der Waals surface area contributed by atoms with Gasteiger partial charge < -0.3 is 5.73 Å². The standard InChI is InChI=1S/C9H17NO2S/c1-9(2)7(10)6-4-3-5-13(11,12)8(6)9/h6-8H,3-5,10H2,1-2H3. The van der Waals surface area contributed by atoms with E-state index in [2.05, 4.69) is 0 Å². The molecule has 0 aromatic heterocycles. The van der Waals surface area contributed by atoms with Crippen molar-refractivity contribution in [2.45, 2.75) is 38.0 Å². The van der Waals surface area contributed by atoms with Gasteiger partial charge in [0.05, 0.1) is 11.0 Å². The van der Waals surface area contributed by atoms with E-state index in [1.165, 1.54) is 0 Å². The molecule has 0 aromatic rings. The molecule has 0 spiro atoms. The average molecular weight is 203 g/mol. The van der Waals surface area contributed by atoms with Crippen LogP contribution in [0.1, 0.15) is 26.7 Å². The summed E-state index contributed by atoms with van der Waals surface area (Å²) in [4.78, 5) is 0. The second-order valence-electron chi connectivity index (χ2n) is 4.94. The van der Waals surface area contributed by atoms with Crippen molar-refractivity contribution >= 4 is 9.84 Å². The highest BCUT2D eigenvalue weighted by molar-refractivity contribution is 7.92. The van der Waals surface area contributed by atoms with Gasteiger partial charge in [-0.3, -0.25) is 0 Å². The molecule has 0 aromatic carbocycles. The van der Waals surface area contributed by atoms with E-state index in [9.17, 15) is 8.42 Å². The van der Waals surface area contributed by atoms with E-state index in [0.29, 0.717) is 5.75 Å². The van der Waals surface area contributed by atoms with E-state index in [4.69, 9.17) is 5.73 Å². The molecule has 3 unspecified atom stereocenters. The molecular formula is C9H17NO2S. The smallest absolute Gasteiger partial charge is 0.154 e. The number of nitrogens with two attached hydrogens (primary N) is 1. The number of sulfone groups is 1. The normalized spacial score (nSPS) is 46.2. The minimum absolute atomic E-state index is 0.0765. The number of hydrogen-bond acceptors (Lipinski definition) is 3. The zero-order chi connectivity index (χ0) is 9.85. The first-order valence-corrected chi connectivity index (χ1v) is 6.56. The Kier molecular flexibility index (Phi) is 1.81. The number of hydrogen-bond donors (Lipinski definition) is 1. The first-order valence-electron chi connectivity index (χ1n) is 4.84. The quantitative estimate of drug-likeness (QED) is 0.625. The highest BCUT2D eigenvalue weighted by Gasteiger charge is 2.61. The lowest BCUT2D eigenvalue weighted by atomic mass is 9.58.